The van der Waals surface area contributed by atoms with E-state index in [1.165, 1.54) is 16.7 Å². The quantitative estimate of drug-likeness (QED) is 0.427. The zero-order valence-corrected chi connectivity index (χ0v) is 20.0. The van der Waals surface area contributed by atoms with Gasteiger partial charge in [0.15, 0.2) is 5.78 Å². The second-order valence-electron chi connectivity index (χ2n) is 8.18. The number of nitrogens with zero attached hydrogens (tertiary/aromatic N) is 1. The first-order chi connectivity index (χ1) is 15.1. The fourth-order valence-corrected chi connectivity index (χ4v) is 4.15. The van der Waals surface area contributed by atoms with E-state index in [0.717, 1.165) is 69.6 Å². The van der Waals surface area contributed by atoms with Gasteiger partial charge in [0, 0.05) is 32.0 Å². The van der Waals surface area contributed by atoms with Crippen LogP contribution in [0.4, 0.5) is 0 Å². The molecule has 0 saturated heterocycles. The number of hydrogen-bond acceptors (Lipinski definition) is 4. The molecule has 0 spiro atoms. The zero-order valence-electron chi connectivity index (χ0n) is 19.2. The Hall–Kier alpha value is -2.37. The highest BCUT2D eigenvalue weighted by Crippen LogP contribution is 2.20. The third-order valence-corrected chi connectivity index (χ3v) is 6.05. The largest absolute Gasteiger partial charge is 0.496 e. The highest BCUT2D eigenvalue weighted by molar-refractivity contribution is 5.96. The number of carbonyl (C=O) groups is 2. The summed E-state index contributed by atoms with van der Waals surface area (Å²) in [6.07, 6.45) is 5.06. The molecule has 0 aromatic heterocycles. The fourth-order valence-electron chi connectivity index (χ4n) is 4.15. The van der Waals surface area contributed by atoms with Crippen LogP contribution in [0.1, 0.15) is 53.2 Å². The minimum atomic E-state index is 0. The monoisotopic (exact) mass is 458 g/mol. The standard InChI is InChI=1S/C26H34N2O3.ClH/c1-20(29)28-17-13-21-10-11-24(19-23(21)14-18-28)25(30)8-5-6-15-27-16-12-22-7-3-4-9-26(22)31-2;/h3-4,7,9-11,19,27H,5-6,8,12-18H2,1-2H3;1H. The SMILES string of the molecule is COc1ccccc1CCNCCCCC(=O)c1ccc2c(c1)CCN(C(C)=O)CC2.Cl. The van der Waals surface area contributed by atoms with E-state index >= 15 is 0 Å². The van der Waals surface area contributed by atoms with Gasteiger partial charge in [-0.2, -0.15) is 0 Å². The van der Waals surface area contributed by atoms with E-state index in [2.05, 4.69) is 17.4 Å². The van der Waals surface area contributed by atoms with Gasteiger partial charge in [-0.15, -0.1) is 12.4 Å². The molecule has 0 fully saturated rings. The molecule has 1 aliphatic rings. The van der Waals surface area contributed by atoms with Crippen LogP contribution >= 0.6 is 12.4 Å². The zero-order chi connectivity index (χ0) is 22.1. The lowest BCUT2D eigenvalue weighted by molar-refractivity contribution is -0.128. The number of amides is 1. The molecule has 1 heterocycles. The molecule has 0 aliphatic carbocycles. The Morgan fingerprint density at radius 3 is 2.50 bits per heavy atom. The molecule has 32 heavy (non-hydrogen) atoms. The minimum absolute atomic E-state index is 0. The molecule has 1 N–H and O–H groups in total. The highest BCUT2D eigenvalue weighted by atomic mass is 35.5. The number of methoxy groups -OCH3 is 1. The van der Waals surface area contributed by atoms with Gasteiger partial charge in [0.05, 0.1) is 7.11 Å². The number of carbonyl (C=O) groups excluding carboxylic acids is 2. The smallest absolute Gasteiger partial charge is 0.219 e. The number of rotatable bonds is 10. The van der Waals surface area contributed by atoms with Crippen molar-refractivity contribution in [1.29, 1.82) is 0 Å². The average Bonchev–Trinajstić information content (AvgIpc) is 3.00. The molecule has 3 rings (SSSR count). The third-order valence-electron chi connectivity index (χ3n) is 6.05. The Balaban J connectivity index is 0.00000363. The second kappa shape index (κ2) is 13.2. The Kier molecular flexibility index (Phi) is 10.7. The van der Waals surface area contributed by atoms with E-state index in [4.69, 9.17) is 4.74 Å². The summed E-state index contributed by atoms with van der Waals surface area (Å²) in [4.78, 5) is 26.2. The van der Waals surface area contributed by atoms with Crippen LogP contribution in [-0.4, -0.2) is 49.9 Å². The summed E-state index contributed by atoms with van der Waals surface area (Å²) >= 11 is 0. The predicted octanol–water partition coefficient (Wildman–Crippen LogP) is 4.25. The molecule has 0 bridgehead atoms. The van der Waals surface area contributed by atoms with Crippen LogP contribution in [0.15, 0.2) is 42.5 Å². The van der Waals surface area contributed by atoms with Crippen LogP contribution in [-0.2, 0) is 24.1 Å². The topological polar surface area (TPSA) is 58.6 Å². The summed E-state index contributed by atoms with van der Waals surface area (Å²) < 4.78 is 5.38. The Morgan fingerprint density at radius 1 is 1.00 bits per heavy atom. The van der Waals surface area contributed by atoms with E-state index in [1.54, 1.807) is 14.0 Å². The molecule has 1 amide bonds. The van der Waals surface area contributed by atoms with Gasteiger partial charge in [-0.1, -0.05) is 30.3 Å². The van der Waals surface area contributed by atoms with Crippen molar-refractivity contribution in [3.05, 3.63) is 64.7 Å². The van der Waals surface area contributed by atoms with E-state index in [0.29, 0.717) is 6.42 Å². The molecule has 1 aliphatic heterocycles. The normalized spacial score (nSPS) is 13.0. The summed E-state index contributed by atoms with van der Waals surface area (Å²) in [5, 5.41) is 3.46. The molecule has 5 nitrogen and oxygen atoms in total. The van der Waals surface area contributed by atoms with Crippen LogP contribution in [0.25, 0.3) is 0 Å². The lowest BCUT2D eigenvalue weighted by atomic mass is 9.97. The van der Waals surface area contributed by atoms with Gasteiger partial charge < -0.3 is 15.0 Å². The van der Waals surface area contributed by atoms with Gasteiger partial charge in [-0.3, -0.25) is 9.59 Å². The fraction of sp³-hybridized carbons (Fsp3) is 0.462. The second-order valence-corrected chi connectivity index (χ2v) is 8.18. The highest BCUT2D eigenvalue weighted by Gasteiger charge is 2.17. The van der Waals surface area contributed by atoms with Crippen molar-refractivity contribution in [3.8, 4) is 5.75 Å². The number of ketones is 1. The average molecular weight is 459 g/mol. The predicted molar refractivity (Wildman–Crippen MR) is 131 cm³/mol. The number of ether oxygens (including phenoxy) is 1. The molecule has 2 aromatic rings. The summed E-state index contributed by atoms with van der Waals surface area (Å²) in [5.41, 5.74) is 4.49. The summed E-state index contributed by atoms with van der Waals surface area (Å²) in [6, 6.07) is 14.2. The van der Waals surface area contributed by atoms with Crippen molar-refractivity contribution in [1.82, 2.24) is 10.2 Å². The number of nitrogens with one attached hydrogen (secondary N) is 1. The number of fused-ring (bicyclic) bond motifs is 1. The maximum absolute atomic E-state index is 12.6. The third kappa shape index (κ3) is 7.35. The van der Waals surface area contributed by atoms with Gasteiger partial charge in [0.1, 0.15) is 5.75 Å². The molecule has 0 saturated carbocycles. The van der Waals surface area contributed by atoms with Gasteiger partial charge in [-0.25, -0.2) is 0 Å². The van der Waals surface area contributed by atoms with Crippen LogP contribution in [0.3, 0.4) is 0 Å². The van der Waals surface area contributed by atoms with E-state index in [-0.39, 0.29) is 24.1 Å². The number of unbranched alkanes of at least 4 members (excludes halogenated alkanes) is 1. The van der Waals surface area contributed by atoms with Gasteiger partial charge >= 0.3 is 0 Å². The van der Waals surface area contributed by atoms with Crippen molar-refractivity contribution in [2.45, 2.75) is 45.4 Å². The number of Topliss-reactive ketones (excluding diaryl/α,β-unsaturated/α-hetero) is 1. The summed E-state index contributed by atoms with van der Waals surface area (Å²) in [6.45, 7) is 4.93. The molecular weight excluding hydrogens is 424 g/mol. The Labute approximate surface area is 197 Å². The van der Waals surface area contributed by atoms with Crippen molar-refractivity contribution >= 4 is 24.1 Å². The van der Waals surface area contributed by atoms with E-state index < -0.39 is 0 Å². The van der Waals surface area contributed by atoms with Crippen molar-refractivity contribution in [2.75, 3.05) is 33.3 Å². The number of hydrogen-bond donors (Lipinski definition) is 1. The first-order valence-corrected chi connectivity index (χ1v) is 11.3. The Morgan fingerprint density at radius 2 is 1.75 bits per heavy atom. The number of halogens is 1. The maximum Gasteiger partial charge on any atom is 0.219 e. The lowest BCUT2D eigenvalue weighted by Crippen LogP contribution is -2.30. The molecule has 174 valence electrons. The Bertz CT molecular complexity index is 900. The molecule has 0 atom stereocenters. The van der Waals surface area contributed by atoms with Crippen molar-refractivity contribution in [3.63, 3.8) is 0 Å². The van der Waals surface area contributed by atoms with Gasteiger partial charge in [0.25, 0.3) is 0 Å². The van der Waals surface area contributed by atoms with Crippen LogP contribution in [0.5, 0.6) is 5.75 Å². The first-order valence-electron chi connectivity index (χ1n) is 11.3. The van der Waals surface area contributed by atoms with E-state index in [1.807, 2.05) is 35.2 Å². The molecule has 6 heteroatoms. The van der Waals surface area contributed by atoms with Gasteiger partial charge in [0.2, 0.25) is 5.91 Å². The summed E-state index contributed by atoms with van der Waals surface area (Å²) in [7, 11) is 1.70. The van der Waals surface area contributed by atoms with Crippen molar-refractivity contribution < 1.29 is 14.3 Å². The number of benzene rings is 2. The van der Waals surface area contributed by atoms with Crippen LogP contribution in [0, 0.1) is 0 Å². The summed E-state index contributed by atoms with van der Waals surface area (Å²) in [5.74, 6) is 1.27. The van der Waals surface area contributed by atoms with Crippen LogP contribution < -0.4 is 10.1 Å². The first kappa shape index (κ1) is 25.9. The van der Waals surface area contributed by atoms with E-state index in [9.17, 15) is 9.59 Å². The molecule has 2 aromatic carbocycles. The maximum atomic E-state index is 12.6. The molecule has 0 radical (unpaired) electrons. The van der Waals surface area contributed by atoms with Gasteiger partial charge in [-0.05, 0) is 74.0 Å². The molecule has 0 unspecified atom stereocenters. The minimum Gasteiger partial charge on any atom is -0.496 e. The van der Waals surface area contributed by atoms with Crippen molar-refractivity contribution in [2.24, 2.45) is 0 Å². The molecular formula is C26H35ClN2O3. The number of para-hydroxylation sites is 1. The lowest BCUT2D eigenvalue weighted by Gasteiger charge is -2.17. The van der Waals surface area contributed by atoms with Crippen LogP contribution in [0.2, 0.25) is 0 Å².